The SMILES string of the molecule is CC/C=C\C/C=C\C/C=C\C/C=C\C/C=C\CC(=O)NC(COC1OC(CO)C(OC2OC(CO)C(O)C(O)C2O)C(O)C1O)C(O)/C=C/CC/C=C/CCCCCCCCCCCCCCCCCCCCCCCCCCC. The Morgan fingerprint density at radius 2 is 0.875 bits per heavy atom. The van der Waals surface area contributed by atoms with Gasteiger partial charge in [0.05, 0.1) is 32.0 Å². The van der Waals surface area contributed by atoms with Gasteiger partial charge in [-0.15, -0.1) is 0 Å². The molecule has 0 saturated carbocycles. The molecule has 0 aromatic rings. The first-order valence-electron chi connectivity index (χ1n) is 31.8. The molecule has 2 aliphatic rings. The third kappa shape index (κ3) is 35.3. The van der Waals surface area contributed by atoms with Gasteiger partial charge in [0, 0.05) is 6.42 Å². The second-order valence-electron chi connectivity index (χ2n) is 22.2. The number of amides is 1. The lowest BCUT2D eigenvalue weighted by Crippen LogP contribution is -2.65. The minimum Gasteiger partial charge on any atom is -0.394 e. The molecule has 2 aliphatic heterocycles. The summed E-state index contributed by atoms with van der Waals surface area (Å²) in [6.45, 7) is 2.60. The van der Waals surface area contributed by atoms with Crippen LogP contribution in [0.15, 0.2) is 85.1 Å². The molecular formula is C66H115NO13. The normalized spacial score (nSPS) is 24.8. The van der Waals surface area contributed by atoms with Gasteiger partial charge in [-0.3, -0.25) is 4.79 Å². The lowest BCUT2D eigenvalue weighted by atomic mass is 9.97. The van der Waals surface area contributed by atoms with E-state index in [1.54, 1.807) is 12.2 Å². The highest BCUT2D eigenvalue weighted by Crippen LogP contribution is 2.30. The highest BCUT2D eigenvalue weighted by molar-refractivity contribution is 5.77. The molecule has 80 heavy (non-hydrogen) atoms. The number of hydrogen-bond acceptors (Lipinski definition) is 13. The Hall–Kier alpha value is -2.83. The summed E-state index contributed by atoms with van der Waals surface area (Å²) < 4.78 is 22.7. The van der Waals surface area contributed by atoms with E-state index in [0.717, 1.165) is 38.5 Å². The van der Waals surface area contributed by atoms with Gasteiger partial charge in [-0.1, -0.05) is 253 Å². The second-order valence-corrected chi connectivity index (χ2v) is 22.2. The van der Waals surface area contributed by atoms with Crippen molar-refractivity contribution in [2.75, 3.05) is 19.8 Å². The fraction of sp³-hybridized carbons (Fsp3) is 0.773. The average Bonchev–Trinajstić information content (AvgIpc) is 3.46. The van der Waals surface area contributed by atoms with Crippen LogP contribution in [0.4, 0.5) is 0 Å². The zero-order valence-electron chi connectivity index (χ0n) is 49.8. The molecule has 14 nitrogen and oxygen atoms in total. The molecule has 9 N–H and O–H groups in total. The zero-order chi connectivity index (χ0) is 58.1. The molecule has 0 aliphatic carbocycles. The summed E-state index contributed by atoms with van der Waals surface area (Å²) in [5.74, 6) is -0.377. The first kappa shape index (κ1) is 73.3. The summed E-state index contributed by atoms with van der Waals surface area (Å²) in [6, 6.07) is -0.992. The van der Waals surface area contributed by atoms with Crippen molar-refractivity contribution in [1.29, 1.82) is 0 Å². The summed E-state index contributed by atoms with van der Waals surface area (Å²) in [7, 11) is 0. The highest BCUT2D eigenvalue weighted by Gasteiger charge is 2.51. The van der Waals surface area contributed by atoms with E-state index in [2.05, 4.69) is 73.8 Å². The summed E-state index contributed by atoms with van der Waals surface area (Å²) >= 11 is 0. The van der Waals surface area contributed by atoms with Gasteiger partial charge in [0.25, 0.3) is 0 Å². The van der Waals surface area contributed by atoms with E-state index in [9.17, 15) is 45.6 Å². The number of unbranched alkanes of at least 4 members (excludes halogenated alkanes) is 26. The molecule has 0 bridgehead atoms. The Morgan fingerprint density at radius 1 is 0.463 bits per heavy atom. The number of carbonyl (C=O) groups is 1. The van der Waals surface area contributed by atoms with Crippen LogP contribution >= 0.6 is 0 Å². The van der Waals surface area contributed by atoms with Crippen LogP contribution in [0.5, 0.6) is 0 Å². The molecule has 2 rings (SSSR count). The zero-order valence-corrected chi connectivity index (χ0v) is 49.8. The number of aliphatic hydroxyl groups is 8. The average molecular weight is 1130 g/mol. The van der Waals surface area contributed by atoms with E-state index in [4.69, 9.17) is 18.9 Å². The topological polar surface area (TPSA) is 228 Å². The smallest absolute Gasteiger partial charge is 0.224 e. The van der Waals surface area contributed by atoms with Gasteiger partial charge in [0.1, 0.15) is 48.8 Å². The number of aliphatic hydroxyl groups excluding tert-OH is 8. The minimum atomic E-state index is -1.80. The number of nitrogens with one attached hydrogen (secondary N) is 1. The molecule has 12 unspecified atom stereocenters. The van der Waals surface area contributed by atoms with Crippen LogP contribution in [0.25, 0.3) is 0 Å². The van der Waals surface area contributed by atoms with Gasteiger partial charge in [-0.25, -0.2) is 0 Å². The molecular weight excluding hydrogens is 1010 g/mol. The fourth-order valence-corrected chi connectivity index (χ4v) is 10.0. The van der Waals surface area contributed by atoms with Crippen LogP contribution in [-0.4, -0.2) is 140 Å². The van der Waals surface area contributed by atoms with Crippen LogP contribution < -0.4 is 5.32 Å². The molecule has 2 saturated heterocycles. The van der Waals surface area contributed by atoms with Crippen molar-refractivity contribution in [3.63, 3.8) is 0 Å². The van der Waals surface area contributed by atoms with Gasteiger partial charge >= 0.3 is 0 Å². The van der Waals surface area contributed by atoms with Gasteiger partial charge in [0.15, 0.2) is 12.6 Å². The Morgan fingerprint density at radius 3 is 1.35 bits per heavy atom. The summed E-state index contributed by atoms with van der Waals surface area (Å²) in [4.78, 5) is 13.2. The summed E-state index contributed by atoms with van der Waals surface area (Å²) in [5, 5.41) is 87.0. The van der Waals surface area contributed by atoms with Gasteiger partial charge in [-0.2, -0.15) is 0 Å². The maximum Gasteiger partial charge on any atom is 0.224 e. The monoisotopic (exact) mass is 1130 g/mol. The Kier molecular flexibility index (Phi) is 46.4. The molecule has 12 atom stereocenters. The highest BCUT2D eigenvalue weighted by atomic mass is 16.7. The number of carbonyl (C=O) groups excluding carboxylic acids is 1. The van der Waals surface area contributed by atoms with Crippen molar-refractivity contribution in [2.24, 2.45) is 0 Å². The molecule has 0 aromatic carbocycles. The predicted molar refractivity (Wildman–Crippen MR) is 323 cm³/mol. The first-order chi connectivity index (χ1) is 39.1. The van der Waals surface area contributed by atoms with Crippen LogP contribution in [0.1, 0.15) is 232 Å². The van der Waals surface area contributed by atoms with Crippen molar-refractivity contribution in [3.05, 3.63) is 85.1 Å². The summed E-state index contributed by atoms with van der Waals surface area (Å²) in [6.07, 6.45) is 52.6. The lowest BCUT2D eigenvalue weighted by Gasteiger charge is -2.46. The van der Waals surface area contributed by atoms with Crippen LogP contribution in [-0.2, 0) is 23.7 Å². The third-order valence-corrected chi connectivity index (χ3v) is 15.1. The van der Waals surface area contributed by atoms with E-state index < -0.39 is 86.8 Å². The molecule has 0 spiro atoms. The van der Waals surface area contributed by atoms with Crippen molar-refractivity contribution >= 4 is 5.91 Å². The predicted octanol–water partition coefficient (Wildman–Crippen LogP) is 11.7. The van der Waals surface area contributed by atoms with Gasteiger partial charge in [-0.05, 0) is 57.8 Å². The Balaban J connectivity index is 1.72. The largest absolute Gasteiger partial charge is 0.394 e. The lowest BCUT2D eigenvalue weighted by molar-refractivity contribution is -0.359. The second kappa shape index (κ2) is 50.7. The molecule has 0 aromatic heterocycles. The number of hydrogen-bond donors (Lipinski definition) is 9. The maximum atomic E-state index is 13.2. The van der Waals surface area contributed by atoms with E-state index in [0.29, 0.717) is 12.8 Å². The molecule has 0 radical (unpaired) electrons. The Labute approximate surface area is 484 Å². The standard InChI is InChI=1S/C66H115NO13/c1-3-5-7-9-11-13-15-17-19-20-21-22-23-24-25-26-27-28-29-30-31-32-33-34-36-37-39-41-43-45-47-49-55(70)54(67-58(71)50-48-46-44-42-40-38-35-18-16-14-12-10-8-6-4-2)53-77-65-63(76)61(74)64(57(52-69)79-65)80-66-62(75)60(73)59(72)56(51-68)78-66/h6,8,12,14,18,35,39-42,46-49,54-57,59-66,68-70,72-76H,3-5,7,9-11,13,15-17,19-34,36-38,43-45,50-53H2,1-2H3,(H,67,71)/b8-6-,14-12-,35-18-,41-39+,42-40-,48-46-,49-47+. The van der Waals surface area contributed by atoms with E-state index >= 15 is 0 Å². The van der Waals surface area contributed by atoms with E-state index in [1.807, 2.05) is 18.2 Å². The number of ether oxygens (including phenoxy) is 4. The van der Waals surface area contributed by atoms with E-state index in [1.165, 1.54) is 161 Å². The van der Waals surface area contributed by atoms with Crippen molar-refractivity contribution in [2.45, 2.75) is 306 Å². The third-order valence-electron chi connectivity index (χ3n) is 15.1. The van der Waals surface area contributed by atoms with Gasteiger partial charge < -0.3 is 65.1 Å². The fourth-order valence-electron chi connectivity index (χ4n) is 10.0. The molecule has 2 heterocycles. The molecule has 462 valence electrons. The minimum absolute atomic E-state index is 0.0374. The van der Waals surface area contributed by atoms with Crippen LogP contribution in [0.2, 0.25) is 0 Å². The van der Waals surface area contributed by atoms with Crippen molar-refractivity contribution < 1.29 is 64.6 Å². The first-order valence-corrected chi connectivity index (χ1v) is 31.8. The molecule has 14 heteroatoms. The molecule has 2 fully saturated rings. The summed E-state index contributed by atoms with van der Waals surface area (Å²) in [5.41, 5.74) is 0. The Bertz CT molecular complexity index is 1660. The van der Waals surface area contributed by atoms with Crippen molar-refractivity contribution in [3.8, 4) is 0 Å². The number of allylic oxidation sites excluding steroid dienone is 12. The molecule has 1 amide bonds. The van der Waals surface area contributed by atoms with Crippen molar-refractivity contribution in [1.82, 2.24) is 5.32 Å². The van der Waals surface area contributed by atoms with Crippen LogP contribution in [0, 0.1) is 0 Å². The number of rotatable bonds is 50. The maximum absolute atomic E-state index is 13.2. The quantitative estimate of drug-likeness (QED) is 0.0204. The van der Waals surface area contributed by atoms with Gasteiger partial charge in [0.2, 0.25) is 5.91 Å². The van der Waals surface area contributed by atoms with E-state index in [-0.39, 0.29) is 18.9 Å². The van der Waals surface area contributed by atoms with Crippen LogP contribution in [0.3, 0.4) is 0 Å².